The minimum absolute atomic E-state index is 0.407. The molecule has 4 rings (SSSR count). The summed E-state index contributed by atoms with van der Waals surface area (Å²) in [5.41, 5.74) is 2.32. The zero-order valence-corrected chi connectivity index (χ0v) is 11.0. The van der Waals surface area contributed by atoms with E-state index in [-0.39, 0.29) is 0 Å². The zero-order chi connectivity index (χ0) is 14.1. The Bertz CT molecular complexity index is 772. The van der Waals surface area contributed by atoms with Crippen LogP contribution < -0.4 is 10.1 Å². The van der Waals surface area contributed by atoms with E-state index in [1.165, 1.54) is 6.33 Å². The minimum Gasteiger partial charge on any atom is -0.489 e. The number of benzene rings is 1. The van der Waals surface area contributed by atoms with Crippen molar-refractivity contribution in [1.82, 2.24) is 20.1 Å². The predicted octanol–water partition coefficient (Wildman–Crippen LogP) is 2.00. The standard InChI is InChI=1S/C14H11N5O2/c1-2-9(12-10(3-1)16-6-7-20-12)14-18-13(19-21-14)11-4-5-15-8-17-11/h1-5,8,16H,6-7H2. The molecule has 1 aliphatic heterocycles. The summed E-state index contributed by atoms with van der Waals surface area (Å²) in [5.74, 6) is 1.57. The van der Waals surface area contributed by atoms with Crippen molar-refractivity contribution < 1.29 is 9.26 Å². The topological polar surface area (TPSA) is 86.0 Å². The molecule has 0 aliphatic carbocycles. The molecule has 0 fully saturated rings. The quantitative estimate of drug-likeness (QED) is 0.768. The van der Waals surface area contributed by atoms with Gasteiger partial charge in [-0.25, -0.2) is 9.97 Å². The molecule has 3 aromatic rings. The van der Waals surface area contributed by atoms with Crippen LogP contribution in [0.3, 0.4) is 0 Å². The van der Waals surface area contributed by atoms with Crippen LogP contribution in [0.2, 0.25) is 0 Å². The van der Waals surface area contributed by atoms with E-state index in [4.69, 9.17) is 9.26 Å². The van der Waals surface area contributed by atoms with Gasteiger partial charge in [-0.1, -0.05) is 11.2 Å². The van der Waals surface area contributed by atoms with Gasteiger partial charge in [0.15, 0.2) is 5.75 Å². The third-order valence-electron chi connectivity index (χ3n) is 3.15. The van der Waals surface area contributed by atoms with E-state index in [0.29, 0.717) is 24.0 Å². The molecule has 0 radical (unpaired) electrons. The maximum absolute atomic E-state index is 5.71. The van der Waals surface area contributed by atoms with Crippen LogP contribution in [0.25, 0.3) is 23.0 Å². The van der Waals surface area contributed by atoms with E-state index < -0.39 is 0 Å². The fraction of sp³-hybridized carbons (Fsp3) is 0.143. The lowest BCUT2D eigenvalue weighted by Gasteiger charge is -2.20. The van der Waals surface area contributed by atoms with Crippen LogP contribution in [-0.2, 0) is 0 Å². The average Bonchev–Trinajstić information content (AvgIpc) is 3.05. The van der Waals surface area contributed by atoms with Gasteiger partial charge in [0.1, 0.15) is 18.6 Å². The molecule has 7 heteroatoms. The highest BCUT2D eigenvalue weighted by Crippen LogP contribution is 2.37. The van der Waals surface area contributed by atoms with E-state index >= 15 is 0 Å². The molecule has 7 nitrogen and oxygen atoms in total. The Kier molecular flexibility index (Phi) is 2.74. The second-order valence-corrected chi connectivity index (χ2v) is 4.48. The number of hydrogen-bond donors (Lipinski definition) is 1. The van der Waals surface area contributed by atoms with Gasteiger partial charge >= 0.3 is 0 Å². The molecule has 0 unspecified atom stereocenters. The minimum atomic E-state index is 0.407. The number of rotatable bonds is 2. The highest BCUT2D eigenvalue weighted by Gasteiger charge is 2.20. The molecule has 0 saturated carbocycles. The molecule has 0 amide bonds. The van der Waals surface area contributed by atoms with Gasteiger partial charge in [0, 0.05) is 12.7 Å². The first-order chi connectivity index (χ1) is 10.4. The first-order valence-electron chi connectivity index (χ1n) is 6.52. The van der Waals surface area contributed by atoms with E-state index in [0.717, 1.165) is 23.5 Å². The van der Waals surface area contributed by atoms with Gasteiger partial charge in [0.25, 0.3) is 5.89 Å². The molecule has 0 saturated heterocycles. The fourth-order valence-electron chi connectivity index (χ4n) is 2.20. The van der Waals surface area contributed by atoms with Crippen molar-refractivity contribution in [3.8, 4) is 28.7 Å². The number of aromatic nitrogens is 4. The number of hydrogen-bond acceptors (Lipinski definition) is 7. The van der Waals surface area contributed by atoms with Crippen LogP contribution in [-0.4, -0.2) is 33.3 Å². The lowest BCUT2D eigenvalue weighted by Crippen LogP contribution is -2.18. The van der Waals surface area contributed by atoms with Crippen molar-refractivity contribution in [2.24, 2.45) is 0 Å². The number of fused-ring (bicyclic) bond motifs is 1. The van der Waals surface area contributed by atoms with Crippen LogP contribution >= 0.6 is 0 Å². The average molecular weight is 281 g/mol. The van der Waals surface area contributed by atoms with Crippen molar-refractivity contribution >= 4 is 5.69 Å². The van der Waals surface area contributed by atoms with Crippen LogP contribution in [0.15, 0.2) is 41.3 Å². The van der Waals surface area contributed by atoms with Crippen LogP contribution in [0.5, 0.6) is 5.75 Å². The molecular weight excluding hydrogens is 270 g/mol. The SMILES string of the molecule is c1cc2c(c(-c3nc(-c4ccncn4)no3)c1)OCCN2. The highest BCUT2D eigenvalue weighted by atomic mass is 16.5. The Balaban J connectivity index is 1.77. The fourth-order valence-corrected chi connectivity index (χ4v) is 2.20. The molecule has 0 atom stereocenters. The highest BCUT2D eigenvalue weighted by molar-refractivity contribution is 5.75. The summed E-state index contributed by atoms with van der Waals surface area (Å²) in [5, 5.41) is 7.24. The van der Waals surface area contributed by atoms with Gasteiger partial charge < -0.3 is 14.6 Å². The summed E-state index contributed by atoms with van der Waals surface area (Å²) in [6, 6.07) is 7.50. The van der Waals surface area contributed by atoms with Crippen LogP contribution in [0.1, 0.15) is 0 Å². The Hall–Kier alpha value is -2.96. The van der Waals surface area contributed by atoms with Crippen molar-refractivity contribution in [2.75, 3.05) is 18.5 Å². The third-order valence-corrected chi connectivity index (χ3v) is 3.15. The summed E-state index contributed by atoms with van der Waals surface area (Å²) < 4.78 is 11.0. The molecule has 21 heavy (non-hydrogen) atoms. The molecule has 104 valence electrons. The van der Waals surface area contributed by atoms with E-state index in [1.807, 2.05) is 18.2 Å². The Morgan fingerprint density at radius 3 is 3.10 bits per heavy atom. The van der Waals surface area contributed by atoms with Crippen LogP contribution in [0, 0.1) is 0 Å². The second kappa shape index (κ2) is 4.86. The van der Waals surface area contributed by atoms with Crippen molar-refractivity contribution in [3.63, 3.8) is 0 Å². The maximum Gasteiger partial charge on any atom is 0.262 e. The van der Waals surface area contributed by atoms with E-state index in [9.17, 15) is 0 Å². The molecule has 3 heterocycles. The van der Waals surface area contributed by atoms with Crippen molar-refractivity contribution in [1.29, 1.82) is 0 Å². The van der Waals surface area contributed by atoms with Crippen LogP contribution in [0.4, 0.5) is 5.69 Å². The number of para-hydroxylation sites is 1. The Morgan fingerprint density at radius 1 is 1.19 bits per heavy atom. The number of nitrogens with zero attached hydrogens (tertiary/aromatic N) is 4. The van der Waals surface area contributed by atoms with Gasteiger partial charge in [-0.2, -0.15) is 4.98 Å². The first-order valence-corrected chi connectivity index (χ1v) is 6.52. The van der Waals surface area contributed by atoms with Crippen molar-refractivity contribution in [2.45, 2.75) is 0 Å². The van der Waals surface area contributed by atoms with Gasteiger partial charge in [0.05, 0.1) is 11.3 Å². The van der Waals surface area contributed by atoms with Gasteiger partial charge in [-0.15, -0.1) is 0 Å². The third kappa shape index (κ3) is 2.08. The molecule has 2 aromatic heterocycles. The van der Waals surface area contributed by atoms with Gasteiger partial charge in [0.2, 0.25) is 5.82 Å². The molecule has 1 N–H and O–H groups in total. The zero-order valence-electron chi connectivity index (χ0n) is 11.0. The van der Waals surface area contributed by atoms with E-state index in [2.05, 4.69) is 25.4 Å². The second-order valence-electron chi connectivity index (χ2n) is 4.48. The smallest absolute Gasteiger partial charge is 0.262 e. The van der Waals surface area contributed by atoms with E-state index in [1.54, 1.807) is 12.3 Å². The monoisotopic (exact) mass is 281 g/mol. The normalized spacial score (nSPS) is 13.1. The maximum atomic E-state index is 5.71. The Morgan fingerprint density at radius 2 is 2.19 bits per heavy atom. The predicted molar refractivity (Wildman–Crippen MR) is 74.7 cm³/mol. The molecule has 0 spiro atoms. The number of ether oxygens (including phenoxy) is 1. The van der Waals surface area contributed by atoms with Gasteiger partial charge in [-0.05, 0) is 18.2 Å². The summed E-state index contributed by atoms with van der Waals surface area (Å²) in [4.78, 5) is 12.4. The summed E-state index contributed by atoms with van der Waals surface area (Å²) in [6.07, 6.45) is 3.08. The number of nitrogens with one attached hydrogen (secondary N) is 1. The molecule has 0 bridgehead atoms. The lowest BCUT2D eigenvalue weighted by atomic mass is 10.1. The molecule has 1 aromatic carbocycles. The summed E-state index contributed by atoms with van der Waals surface area (Å²) in [6.45, 7) is 1.39. The molecular formula is C14H11N5O2. The summed E-state index contributed by atoms with van der Waals surface area (Å²) in [7, 11) is 0. The largest absolute Gasteiger partial charge is 0.489 e. The van der Waals surface area contributed by atoms with Gasteiger partial charge in [-0.3, -0.25) is 0 Å². The van der Waals surface area contributed by atoms with Crippen molar-refractivity contribution in [3.05, 3.63) is 36.8 Å². The number of anilines is 1. The summed E-state index contributed by atoms with van der Waals surface area (Å²) >= 11 is 0. The Labute approximate surface area is 120 Å². The first kappa shape index (κ1) is 11.8. The lowest BCUT2D eigenvalue weighted by molar-refractivity contribution is 0.322. The molecule has 1 aliphatic rings.